The Morgan fingerprint density at radius 3 is 2.87 bits per heavy atom. The molecule has 0 unspecified atom stereocenters. The average molecular weight is 272 g/mol. The molecule has 1 fully saturated rings. The number of rotatable bonds is 2. The van der Waals surface area contributed by atoms with Crippen LogP contribution in [-0.2, 0) is 4.74 Å². The summed E-state index contributed by atoms with van der Waals surface area (Å²) < 4.78 is 6.25. The Kier molecular flexibility index (Phi) is 3.29. The molecule has 2 rings (SSSR count). The van der Waals surface area contributed by atoms with Crippen molar-refractivity contribution in [3.63, 3.8) is 0 Å². The Morgan fingerprint density at radius 1 is 1.47 bits per heavy atom. The summed E-state index contributed by atoms with van der Waals surface area (Å²) in [7, 11) is 0. The van der Waals surface area contributed by atoms with Crippen LogP contribution in [0, 0.1) is 6.92 Å². The number of aryl methyl sites for hydroxylation is 1. The summed E-state index contributed by atoms with van der Waals surface area (Å²) in [4.78, 5) is 0. The van der Waals surface area contributed by atoms with Gasteiger partial charge in [0.1, 0.15) is 0 Å². The minimum Gasteiger partial charge on any atom is -0.388 e. The monoisotopic (exact) mass is 271 g/mol. The van der Waals surface area contributed by atoms with E-state index in [1.807, 2.05) is 25.1 Å². The van der Waals surface area contributed by atoms with Crippen LogP contribution in [0.2, 0.25) is 0 Å². The van der Waals surface area contributed by atoms with Crippen LogP contribution in [0.5, 0.6) is 0 Å². The van der Waals surface area contributed by atoms with Crippen LogP contribution in [-0.4, -0.2) is 30.5 Å². The molecule has 0 saturated carbocycles. The quantitative estimate of drug-likeness (QED) is 0.864. The molecular weight excluding hydrogens is 258 g/mol. The summed E-state index contributed by atoms with van der Waals surface area (Å²) in [5.41, 5.74) is 2.20. The molecule has 0 spiro atoms. The molecule has 1 aromatic carbocycles. The fourth-order valence-corrected chi connectivity index (χ4v) is 2.15. The fourth-order valence-electron chi connectivity index (χ4n) is 1.67. The largest absolute Gasteiger partial charge is 0.388 e. The van der Waals surface area contributed by atoms with Gasteiger partial charge in [0.15, 0.2) is 0 Å². The van der Waals surface area contributed by atoms with Gasteiger partial charge in [0.2, 0.25) is 0 Å². The van der Waals surface area contributed by atoms with Gasteiger partial charge in [-0.25, -0.2) is 0 Å². The number of halogens is 1. The van der Waals surface area contributed by atoms with Gasteiger partial charge in [-0.3, -0.25) is 0 Å². The Bertz CT molecular complexity index is 356. The first-order valence-electron chi connectivity index (χ1n) is 4.95. The minimum atomic E-state index is -0.409. The second-order valence-electron chi connectivity index (χ2n) is 3.81. The summed E-state index contributed by atoms with van der Waals surface area (Å²) in [6.07, 6.45) is -0.409. The van der Waals surface area contributed by atoms with Crippen molar-refractivity contribution in [2.75, 3.05) is 18.5 Å². The number of aliphatic hydroxyl groups is 1. The molecule has 1 aromatic rings. The van der Waals surface area contributed by atoms with Crippen molar-refractivity contribution in [3.05, 3.63) is 28.2 Å². The van der Waals surface area contributed by atoms with E-state index in [0.29, 0.717) is 13.2 Å². The van der Waals surface area contributed by atoms with Gasteiger partial charge in [-0.15, -0.1) is 0 Å². The highest BCUT2D eigenvalue weighted by Gasteiger charge is 2.26. The third-order valence-corrected chi connectivity index (χ3v) is 3.07. The molecular formula is C11H14BrNO2. The summed E-state index contributed by atoms with van der Waals surface area (Å²) in [6, 6.07) is 6.04. The molecule has 82 valence electrons. The van der Waals surface area contributed by atoms with Crippen LogP contribution in [0.25, 0.3) is 0 Å². The number of hydrogen-bond donors (Lipinski definition) is 2. The summed E-state index contributed by atoms with van der Waals surface area (Å²) >= 11 is 3.42. The van der Waals surface area contributed by atoms with Gasteiger partial charge in [0.05, 0.1) is 25.4 Å². The predicted octanol–water partition coefficient (Wildman–Crippen LogP) is 1.93. The third-order valence-electron chi connectivity index (χ3n) is 2.58. The van der Waals surface area contributed by atoms with Gasteiger partial charge in [-0.2, -0.15) is 0 Å². The normalized spacial score (nSPS) is 25.5. The van der Waals surface area contributed by atoms with Crippen molar-refractivity contribution < 1.29 is 9.84 Å². The van der Waals surface area contributed by atoms with Crippen LogP contribution >= 0.6 is 15.9 Å². The van der Waals surface area contributed by atoms with E-state index < -0.39 is 6.10 Å². The number of nitrogens with one attached hydrogen (secondary N) is 1. The van der Waals surface area contributed by atoms with Gasteiger partial charge >= 0.3 is 0 Å². The summed E-state index contributed by atoms with van der Waals surface area (Å²) in [6.45, 7) is 3.03. The first kappa shape index (κ1) is 10.9. The number of hydrogen-bond acceptors (Lipinski definition) is 3. The van der Waals surface area contributed by atoms with Crippen LogP contribution in [0.15, 0.2) is 22.7 Å². The van der Waals surface area contributed by atoms with Gasteiger partial charge in [-0.1, -0.05) is 15.9 Å². The lowest BCUT2D eigenvalue weighted by Crippen LogP contribution is -2.32. The highest BCUT2D eigenvalue weighted by atomic mass is 79.9. The van der Waals surface area contributed by atoms with E-state index in [-0.39, 0.29) is 6.04 Å². The minimum absolute atomic E-state index is 0.00451. The molecule has 1 heterocycles. The second-order valence-corrected chi connectivity index (χ2v) is 4.73. The lowest BCUT2D eigenvalue weighted by atomic mass is 10.1. The zero-order chi connectivity index (χ0) is 10.8. The molecule has 15 heavy (non-hydrogen) atoms. The number of ether oxygens (including phenoxy) is 1. The average Bonchev–Trinajstić information content (AvgIpc) is 2.57. The first-order valence-corrected chi connectivity index (χ1v) is 5.74. The van der Waals surface area contributed by atoms with Gasteiger partial charge < -0.3 is 15.2 Å². The van der Waals surface area contributed by atoms with E-state index in [0.717, 1.165) is 15.7 Å². The second kappa shape index (κ2) is 4.51. The highest BCUT2D eigenvalue weighted by Crippen LogP contribution is 2.22. The summed E-state index contributed by atoms with van der Waals surface area (Å²) in [5, 5.41) is 12.9. The van der Waals surface area contributed by atoms with E-state index >= 15 is 0 Å². The Morgan fingerprint density at radius 2 is 2.27 bits per heavy atom. The number of anilines is 1. The molecule has 2 atom stereocenters. The predicted molar refractivity (Wildman–Crippen MR) is 63.1 cm³/mol. The van der Waals surface area contributed by atoms with Crippen molar-refractivity contribution in [3.8, 4) is 0 Å². The van der Waals surface area contributed by atoms with E-state index in [9.17, 15) is 5.11 Å². The summed E-state index contributed by atoms with van der Waals surface area (Å²) in [5.74, 6) is 0. The molecule has 0 aliphatic carbocycles. The van der Waals surface area contributed by atoms with Crippen molar-refractivity contribution in [1.82, 2.24) is 0 Å². The molecule has 0 bridgehead atoms. The first-order chi connectivity index (χ1) is 7.16. The smallest absolute Gasteiger partial charge is 0.0996 e. The maximum Gasteiger partial charge on any atom is 0.0996 e. The Balaban J connectivity index is 2.10. The molecule has 1 aliphatic heterocycles. The third kappa shape index (κ3) is 2.51. The molecule has 2 N–H and O–H groups in total. The van der Waals surface area contributed by atoms with E-state index in [2.05, 4.69) is 21.2 Å². The van der Waals surface area contributed by atoms with Crippen molar-refractivity contribution in [2.24, 2.45) is 0 Å². The van der Waals surface area contributed by atoms with Gasteiger partial charge in [0.25, 0.3) is 0 Å². The topological polar surface area (TPSA) is 41.5 Å². The van der Waals surface area contributed by atoms with Gasteiger partial charge in [0, 0.05) is 10.2 Å². The van der Waals surface area contributed by atoms with Crippen molar-refractivity contribution in [1.29, 1.82) is 0 Å². The Labute approximate surface area is 97.6 Å². The standard InChI is InChI=1S/C11H14BrNO2/c1-7-4-8(12)2-3-9(7)13-10-5-15-6-11(10)14/h2-4,10-11,13-14H,5-6H2,1H3/t10-,11-/m0/s1. The van der Waals surface area contributed by atoms with Crippen molar-refractivity contribution in [2.45, 2.75) is 19.1 Å². The number of benzene rings is 1. The van der Waals surface area contributed by atoms with Crippen LogP contribution in [0.1, 0.15) is 5.56 Å². The lowest BCUT2D eigenvalue weighted by molar-refractivity contribution is 0.125. The van der Waals surface area contributed by atoms with Gasteiger partial charge in [-0.05, 0) is 30.7 Å². The van der Waals surface area contributed by atoms with E-state index in [1.54, 1.807) is 0 Å². The van der Waals surface area contributed by atoms with E-state index in [4.69, 9.17) is 4.74 Å². The SMILES string of the molecule is Cc1cc(Br)ccc1N[C@H]1COC[C@@H]1O. The lowest BCUT2D eigenvalue weighted by Gasteiger charge is -2.17. The maximum atomic E-state index is 9.60. The molecule has 0 radical (unpaired) electrons. The van der Waals surface area contributed by atoms with Crippen LogP contribution in [0.4, 0.5) is 5.69 Å². The van der Waals surface area contributed by atoms with Crippen LogP contribution < -0.4 is 5.32 Å². The van der Waals surface area contributed by atoms with E-state index in [1.165, 1.54) is 0 Å². The highest BCUT2D eigenvalue weighted by molar-refractivity contribution is 9.10. The zero-order valence-electron chi connectivity index (χ0n) is 8.53. The number of aliphatic hydroxyl groups excluding tert-OH is 1. The van der Waals surface area contributed by atoms with Crippen LogP contribution in [0.3, 0.4) is 0 Å². The zero-order valence-corrected chi connectivity index (χ0v) is 10.1. The molecule has 3 nitrogen and oxygen atoms in total. The molecule has 1 aliphatic rings. The molecule has 0 amide bonds. The Hall–Kier alpha value is -0.580. The fraction of sp³-hybridized carbons (Fsp3) is 0.455. The van der Waals surface area contributed by atoms with Crippen molar-refractivity contribution >= 4 is 21.6 Å². The molecule has 4 heteroatoms. The maximum absolute atomic E-state index is 9.60. The molecule has 0 aromatic heterocycles. The molecule has 1 saturated heterocycles.